The van der Waals surface area contributed by atoms with E-state index in [9.17, 15) is 4.79 Å². The molecule has 0 spiro atoms. The van der Waals surface area contributed by atoms with Crippen molar-refractivity contribution in [2.45, 2.75) is 43.2 Å². The van der Waals surface area contributed by atoms with Gasteiger partial charge >= 0.3 is 5.97 Å². The number of aryl methyl sites for hydroxylation is 2. The molecule has 112 valence electrons. The summed E-state index contributed by atoms with van der Waals surface area (Å²) in [6, 6.07) is 2.08. The van der Waals surface area contributed by atoms with Crippen LogP contribution < -0.4 is 5.73 Å². The van der Waals surface area contributed by atoms with Gasteiger partial charge in [-0.15, -0.1) is 11.8 Å². The minimum atomic E-state index is -0.780. The number of carbonyl (C=O) groups excluding carboxylic acids is 1. The SMILES string of the molecule is COC(=O)C1(N)CCCC1CCSc1cc(C)nn1C. The van der Waals surface area contributed by atoms with Crippen molar-refractivity contribution in [3.8, 4) is 0 Å². The molecule has 0 radical (unpaired) electrons. The van der Waals surface area contributed by atoms with Gasteiger partial charge in [-0.1, -0.05) is 6.42 Å². The van der Waals surface area contributed by atoms with Gasteiger partial charge in [-0.25, -0.2) is 0 Å². The second-order valence-electron chi connectivity index (χ2n) is 5.51. The fourth-order valence-electron chi connectivity index (χ4n) is 2.99. The molecule has 0 bridgehead atoms. The number of aromatic nitrogens is 2. The number of nitrogens with zero attached hydrogens (tertiary/aromatic N) is 2. The monoisotopic (exact) mass is 297 g/mol. The predicted octanol–water partition coefficient (Wildman–Crippen LogP) is 1.88. The third kappa shape index (κ3) is 3.01. The smallest absolute Gasteiger partial charge is 0.326 e. The summed E-state index contributed by atoms with van der Waals surface area (Å²) in [6.45, 7) is 1.99. The second-order valence-corrected chi connectivity index (χ2v) is 6.62. The van der Waals surface area contributed by atoms with Gasteiger partial charge in [-0.05, 0) is 43.9 Å². The van der Waals surface area contributed by atoms with Crippen LogP contribution >= 0.6 is 11.8 Å². The van der Waals surface area contributed by atoms with Crippen molar-refractivity contribution in [2.24, 2.45) is 18.7 Å². The molecule has 1 saturated carbocycles. The Hall–Kier alpha value is -1.01. The van der Waals surface area contributed by atoms with Crippen molar-refractivity contribution in [1.29, 1.82) is 0 Å². The maximum absolute atomic E-state index is 11.9. The summed E-state index contributed by atoms with van der Waals surface area (Å²) in [7, 11) is 3.37. The molecule has 2 rings (SSSR count). The Bertz CT molecular complexity index is 489. The Morgan fingerprint density at radius 2 is 2.45 bits per heavy atom. The fourth-order valence-corrected chi connectivity index (χ4v) is 4.08. The molecule has 0 aliphatic heterocycles. The van der Waals surface area contributed by atoms with E-state index in [2.05, 4.69) is 11.2 Å². The van der Waals surface area contributed by atoms with E-state index in [4.69, 9.17) is 10.5 Å². The number of hydrogen-bond acceptors (Lipinski definition) is 5. The molecule has 0 saturated heterocycles. The van der Waals surface area contributed by atoms with E-state index in [0.717, 1.165) is 42.2 Å². The van der Waals surface area contributed by atoms with Crippen LogP contribution in [0, 0.1) is 12.8 Å². The first kappa shape index (κ1) is 15.4. The number of nitrogens with two attached hydrogens (primary N) is 1. The van der Waals surface area contributed by atoms with E-state index in [0.29, 0.717) is 0 Å². The number of hydrogen-bond donors (Lipinski definition) is 1. The predicted molar refractivity (Wildman–Crippen MR) is 79.6 cm³/mol. The summed E-state index contributed by atoms with van der Waals surface area (Å²) in [6.07, 6.45) is 3.68. The number of methoxy groups -OCH3 is 1. The summed E-state index contributed by atoms with van der Waals surface area (Å²) in [5.41, 5.74) is 6.52. The first-order valence-electron chi connectivity index (χ1n) is 6.98. The molecule has 0 amide bonds. The van der Waals surface area contributed by atoms with Crippen LogP contribution in [0.2, 0.25) is 0 Å². The van der Waals surface area contributed by atoms with Crippen molar-refractivity contribution in [2.75, 3.05) is 12.9 Å². The second kappa shape index (κ2) is 6.18. The van der Waals surface area contributed by atoms with Gasteiger partial charge in [0.1, 0.15) is 5.54 Å². The molecule has 6 heteroatoms. The van der Waals surface area contributed by atoms with E-state index >= 15 is 0 Å². The highest BCUT2D eigenvalue weighted by Gasteiger charge is 2.46. The molecule has 0 aromatic carbocycles. The molecule has 1 aliphatic carbocycles. The highest BCUT2D eigenvalue weighted by molar-refractivity contribution is 7.99. The van der Waals surface area contributed by atoms with Gasteiger partial charge in [-0.2, -0.15) is 5.10 Å². The maximum Gasteiger partial charge on any atom is 0.326 e. The van der Waals surface area contributed by atoms with Crippen LogP contribution in [0.4, 0.5) is 0 Å². The summed E-state index contributed by atoms with van der Waals surface area (Å²) < 4.78 is 6.76. The summed E-state index contributed by atoms with van der Waals surface area (Å²) in [4.78, 5) is 11.9. The average Bonchev–Trinajstić information content (AvgIpc) is 2.93. The maximum atomic E-state index is 11.9. The first-order valence-corrected chi connectivity index (χ1v) is 7.96. The molecular formula is C14H23N3O2S. The van der Waals surface area contributed by atoms with Crippen LogP contribution in [0.15, 0.2) is 11.1 Å². The minimum Gasteiger partial charge on any atom is -0.468 e. The molecule has 1 aromatic rings. The highest BCUT2D eigenvalue weighted by Crippen LogP contribution is 2.38. The topological polar surface area (TPSA) is 70.1 Å². The van der Waals surface area contributed by atoms with Crippen molar-refractivity contribution in [3.63, 3.8) is 0 Å². The van der Waals surface area contributed by atoms with Crippen LogP contribution in [0.25, 0.3) is 0 Å². The number of esters is 1. The zero-order valence-electron chi connectivity index (χ0n) is 12.4. The normalized spacial score (nSPS) is 25.9. The molecule has 2 unspecified atom stereocenters. The molecule has 1 fully saturated rings. The summed E-state index contributed by atoms with van der Waals surface area (Å²) >= 11 is 1.77. The van der Waals surface area contributed by atoms with Crippen LogP contribution in [-0.4, -0.2) is 34.2 Å². The number of thioether (sulfide) groups is 1. The van der Waals surface area contributed by atoms with E-state index in [1.54, 1.807) is 11.8 Å². The van der Waals surface area contributed by atoms with Crippen LogP contribution in [0.5, 0.6) is 0 Å². The Balaban J connectivity index is 1.90. The van der Waals surface area contributed by atoms with Gasteiger partial charge in [-0.3, -0.25) is 9.48 Å². The van der Waals surface area contributed by atoms with Gasteiger partial charge < -0.3 is 10.5 Å². The van der Waals surface area contributed by atoms with E-state index < -0.39 is 5.54 Å². The quantitative estimate of drug-likeness (QED) is 0.664. The lowest BCUT2D eigenvalue weighted by molar-refractivity contribution is -0.148. The number of carbonyl (C=O) groups is 1. The zero-order chi connectivity index (χ0) is 14.8. The van der Waals surface area contributed by atoms with E-state index in [1.165, 1.54) is 7.11 Å². The molecule has 1 aliphatic rings. The van der Waals surface area contributed by atoms with E-state index in [-0.39, 0.29) is 11.9 Å². The molecule has 5 nitrogen and oxygen atoms in total. The van der Waals surface area contributed by atoms with Crippen molar-refractivity contribution in [3.05, 3.63) is 11.8 Å². The van der Waals surface area contributed by atoms with Gasteiger partial charge in [0.05, 0.1) is 17.8 Å². The van der Waals surface area contributed by atoms with Crippen molar-refractivity contribution in [1.82, 2.24) is 9.78 Å². The number of rotatable bonds is 5. The highest BCUT2D eigenvalue weighted by atomic mass is 32.2. The van der Waals surface area contributed by atoms with Crippen molar-refractivity contribution >= 4 is 17.7 Å². The average molecular weight is 297 g/mol. The molecular weight excluding hydrogens is 274 g/mol. The Morgan fingerprint density at radius 3 is 3.05 bits per heavy atom. The lowest BCUT2D eigenvalue weighted by Crippen LogP contribution is -2.51. The minimum absolute atomic E-state index is 0.219. The zero-order valence-corrected chi connectivity index (χ0v) is 13.2. The molecule has 20 heavy (non-hydrogen) atoms. The Kier molecular flexibility index (Phi) is 4.75. The molecule has 1 heterocycles. The number of ether oxygens (including phenoxy) is 1. The molecule has 2 N–H and O–H groups in total. The Morgan fingerprint density at radius 1 is 1.70 bits per heavy atom. The summed E-state index contributed by atoms with van der Waals surface area (Å²) in [5, 5.41) is 5.48. The third-order valence-electron chi connectivity index (χ3n) is 4.11. The van der Waals surface area contributed by atoms with E-state index in [1.807, 2.05) is 18.7 Å². The molecule has 1 aromatic heterocycles. The lowest BCUT2D eigenvalue weighted by Gasteiger charge is -2.28. The van der Waals surface area contributed by atoms with Crippen molar-refractivity contribution < 1.29 is 9.53 Å². The third-order valence-corrected chi connectivity index (χ3v) is 5.23. The first-order chi connectivity index (χ1) is 9.47. The summed E-state index contributed by atoms with van der Waals surface area (Å²) in [5.74, 6) is 0.901. The van der Waals surface area contributed by atoms with Gasteiger partial charge in [0.25, 0.3) is 0 Å². The largest absolute Gasteiger partial charge is 0.468 e. The lowest BCUT2D eigenvalue weighted by atomic mass is 9.86. The van der Waals surface area contributed by atoms with Crippen LogP contribution in [-0.2, 0) is 16.6 Å². The van der Waals surface area contributed by atoms with Crippen LogP contribution in [0.3, 0.4) is 0 Å². The van der Waals surface area contributed by atoms with Crippen LogP contribution in [0.1, 0.15) is 31.4 Å². The standard InChI is InChI=1S/C14H23N3O2S/c1-10-9-12(17(2)16-10)20-8-6-11-5-4-7-14(11,15)13(18)19-3/h9,11H,4-8,15H2,1-3H3. The van der Waals surface area contributed by atoms with Gasteiger partial charge in [0, 0.05) is 7.05 Å². The van der Waals surface area contributed by atoms with Gasteiger partial charge in [0.2, 0.25) is 0 Å². The van der Waals surface area contributed by atoms with Gasteiger partial charge in [0.15, 0.2) is 0 Å². The fraction of sp³-hybridized carbons (Fsp3) is 0.714. The Labute approximate surface area is 124 Å². The molecule has 2 atom stereocenters.